The second kappa shape index (κ2) is 10.4. The van der Waals surface area contributed by atoms with Gasteiger partial charge in [0.1, 0.15) is 0 Å². The molecule has 5 nitrogen and oxygen atoms in total. The largest absolute Gasteiger partial charge is 0.343 e. The monoisotopic (exact) mass is 555 g/mol. The second-order valence-electron chi connectivity index (χ2n) is 10.1. The fraction of sp³-hybridized carbons (Fsp3) is 0.464. The SMILES string of the molecule is CC(=O)N1CCC(CC(=O)N2CCC(C3c4ccc(Cl)cc4C=Cc4cc(Br)cnc43)CC2)CC1. The van der Waals surface area contributed by atoms with Crippen LogP contribution in [0.15, 0.2) is 34.9 Å². The highest BCUT2D eigenvalue weighted by Crippen LogP contribution is 2.43. The number of hydrogen-bond donors (Lipinski definition) is 0. The second-order valence-corrected chi connectivity index (χ2v) is 11.4. The van der Waals surface area contributed by atoms with Crippen molar-refractivity contribution in [2.45, 2.75) is 44.9 Å². The van der Waals surface area contributed by atoms with Gasteiger partial charge in [-0.15, -0.1) is 0 Å². The van der Waals surface area contributed by atoms with Crippen LogP contribution >= 0.6 is 27.5 Å². The Morgan fingerprint density at radius 2 is 1.69 bits per heavy atom. The zero-order chi connectivity index (χ0) is 24.5. The van der Waals surface area contributed by atoms with Gasteiger partial charge in [0, 0.05) is 61.1 Å². The van der Waals surface area contributed by atoms with Gasteiger partial charge >= 0.3 is 0 Å². The Kier molecular flexibility index (Phi) is 7.31. The molecule has 1 aliphatic carbocycles. The molecule has 2 saturated heterocycles. The van der Waals surface area contributed by atoms with Gasteiger partial charge in [-0.05, 0) is 88.3 Å². The molecule has 0 N–H and O–H groups in total. The maximum Gasteiger partial charge on any atom is 0.222 e. The Balaban J connectivity index is 1.28. The Labute approximate surface area is 220 Å². The van der Waals surface area contributed by atoms with E-state index >= 15 is 0 Å². The van der Waals surface area contributed by atoms with Gasteiger partial charge < -0.3 is 9.80 Å². The van der Waals surface area contributed by atoms with Gasteiger partial charge in [-0.25, -0.2) is 0 Å². The van der Waals surface area contributed by atoms with Gasteiger partial charge in [0.25, 0.3) is 0 Å². The van der Waals surface area contributed by atoms with Crippen LogP contribution < -0.4 is 0 Å². The Morgan fingerprint density at radius 1 is 1.00 bits per heavy atom. The first-order chi connectivity index (χ1) is 16.9. The lowest BCUT2D eigenvalue weighted by molar-refractivity contribution is -0.134. The van der Waals surface area contributed by atoms with Gasteiger partial charge in [0.2, 0.25) is 11.8 Å². The number of likely N-dealkylation sites (tertiary alicyclic amines) is 2. The first-order valence-corrected chi connectivity index (χ1v) is 13.7. The number of pyridine rings is 1. The molecule has 2 amide bonds. The number of amides is 2. The summed E-state index contributed by atoms with van der Waals surface area (Å²) in [5.41, 5.74) is 4.65. The zero-order valence-corrected chi connectivity index (χ0v) is 22.4. The smallest absolute Gasteiger partial charge is 0.222 e. The summed E-state index contributed by atoms with van der Waals surface area (Å²) in [6.45, 7) is 4.75. The van der Waals surface area contributed by atoms with Crippen LogP contribution in [-0.2, 0) is 9.59 Å². The fourth-order valence-electron chi connectivity index (χ4n) is 5.95. The summed E-state index contributed by atoms with van der Waals surface area (Å²) in [5.74, 6) is 1.37. The van der Waals surface area contributed by atoms with Crippen molar-refractivity contribution in [3.63, 3.8) is 0 Å². The summed E-state index contributed by atoms with van der Waals surface area (Å²) in [4.78, 5) is 33.5. The maximum atomic E-state index is 13.1. The number of fused-ring (bicyclic) bond motifs is 2. The van der Waals surface area contributed by atoms with E-state index in [1.165, 1.54) is 5.56 Å². The molecule has 7 heteroatoms. The summed E-state index contributed by atoms with van der Waals surface area (Å²) in [5, 5.41) is 0.738. The standard InChI is InChI=1S/C28H31BrClN3O2/c1-18(34)32-10-6-19(7-11-32)14-26(35)33-12-8-20(9-13-33)27-25-5-4-24(30)16-21(25)2-3-22-15-23(29)17-31-28(22)27/h2-5,15-17,19-20,27H,6-14H2,1H3. The molecule has 2 aliphatic heterocycles. The third-order valence-electron chi connectivity index (χ3n) is 7.92. The van der Waals surface area contributed by atoms with Crippen LogP contribution in [0.2, 0.25) is 5.02 Å². The molecule has 1 aromatic heterocycles. The summed E-state index contributed by atoms with van der Waals surface area (Å²) < 4.78 is 0.971. The third kappa shape index (κ3) is 5.34. The number of piperidine rings is 2. The van der Waals surface area contributed by atoms with Crippen molar-refractivity contribution in [1.82, 2.24) is 14.8 Å². The lowest BCUT2D eigenvalue weighted by Crippen LogP contribution is -2.42. The third-order valence-corrected chi connectivity index (χ3v) is 8.59. The molecule has 0 bridgehead atoms. The van der Waals surface area contributed by atoms with E-state index in [1.54, 1.807) is 6.92 Å². The number of benzene rings is 1. The zero-order valence-electron chi connectivity index (χ0n) is 20.1. The Hall–Kier alpha value is -2.18. The molecule has 35 heavy (non-hydrogen) atoms. The average molecular weight is 557 g/mol. The van der Waals surface area contributed by atoms with Crippen molar-refractivity contribution in [3.05, 3.63) is 62.3 Å². The minimum absolute atomic E-state index is 0.137. The first kappa shape index (κ1) is 24.5. The van der Waals surface area contributed by atoms with E-state index in [9.17, 15) is 9.59 Å². The molecule has 2 aromatic rings. The molecule has 5 rings (SSSR count). The van der Waals surface area contributed by atoms with Crippen molar-refractivity contribution >= 4 is 51.5 Å². The van der Waals surface area contributed by atoms with Crippen molar-refractivity contribution in [2.75, 3.05) is 26.2 Å². The summed E-state index contributed by atoms with van der Waals surface area (Å²) >= 11 is 9.91. The Bertz CT molecular complexity index is 1100. The van der Waals surface area contributed by atoms with Gasteiger partial charge in [-0.2, -0.15) is 0 Å². The van der Waals surface area contributed by atoms with E-state index in [-0.39, 0.29) is 17.7 Å². The quantitative estimate of drug-likeness (QED) is 0.466. The van der Waals surface area contributed by atoms with E-state index in [0.29, 0.717) is 18.3 Å². The minimum Gasteiger partial charge on any atom is -0.343 e. The number of aromatic nitrogens is 1. The molecule has 2 fully saturated rings. The molecule has 1 atom stereocenters. The molecule has 0 radical (unpaired) electrons. The van der Waals surface area contributed by atoms with E-state index in [4.69, 9.17) is 16.6 Å². The molecule has 1 aromatic carbocycles. The van der Waals surface area contributed by atoms with E-state index in [2.05, 4.69) is 45.1 Å². The summed E-state index contributed by atoms with van der Waals surface area (Å²) in [6, 6.07) is 8.30. The number of carbonyl (C=O) groups is 2. The number of rotatable bonds is 3. The molecule has 0 saturated carbocycles. The van der Waals surface area contributed by atoms with E-state index < -0.39 is 0 Å². The van der Waals surface area contributed by atoms with Crippen LogP contribution in [-0.4, -0.2) is 52.8 Å². The predicted molar refractivity (Wildman–Crippen MR) is 143 cm³/mol. The van der Waals surface area contributed by atoms with E-state index in [0.717, 1.165) is 78.2 Å². The highest BCUT2D eigenvalue weighted by atomic mass is 79.9. The van der Waals surface area contributed by atoms with Gasteiger partial charge in [-0.3, -0.25) is 14.6 Å². The molecule has 1 unspecified atom stereocenters. The highest BCUT2D eigenvalue weighted by Gasteiger charge is 2.35. The van der Waals surface area contributed by atoms with Crippen molar-refractivity contribution in [1.29, 1.82) is 0 Å². The topological polar surface area (TPSA) is 53.5 Å². The summed E-state index contributed by atoms with van der Waals surface area (Å²) in [7, 11) is 0. The fourth-order valence-corrected chi connectivity index (χ4v) is 6.48. The minimum atomic E-state index is 0.137. The first-order valence-electron chi connectivity index (χ1n) is 12.6. The molecule has 184 valence electrons. The molecule has 3 aliphatic rings. The predicted octanol–water partition coefficient (Wildman–Crippen LogP) is 6.00. The van der Waals surface area contributed by atoms with Crippen LogP contribution in [0.25, 0.3) is 12.2 Å². The number of nitrogens with zero attached hydrogens (tertiary/aromatic N) is 3. The lowest BCUT2D eigenvalue weighted by Gasteiger charge is -2.38. The molecular weight excluding hydrogens is 526 g/mol. The van der Waals surface area contributed by atoms with Crippen molar-refractivity contribution in [2.24, 2.45) is 11.8 Å². The van der Waals surface area contributed by atoms with Crippen molar-refractivity contribution in [3.8, 4) is 0 Å². The molecule has 0 spiro atoms. The van der Waals surface area contributed by atoms with Gasteiger partial charge in [-0.1, -0.05) is 29.8 Å². The molecule has 3 heterocycles. The van der Waals surface area contributed by atoms with Gasteiger partial charge in [0.05, 0.1) is 5.69 Å². The van der Waals surface area contributed by atoms with Crippen LogP contribution in [0, 0.1) is 11.8 Å². The average Bonchev–Trinajstić information content (AvgIpc) is 3.00. The lowest BCUT2D eigenvalue weighted by atomic mass is 9.76. The Morgan fingerprint density at radius 3 is 2.40 bits per heavy atom. The number of halogens is 2. The van der Waals surface area contributed by atoms with Crippen LogP contribution in [0.4, 0.5) is 0 Å². The highest BCUT2D eigenvalue weighted by molar-refractivity contribution is 9.10. The van der Waals surface area contributed by atoms with Gasteiger partial charge in [0.15, 0.2) is 0 Å². The van der Waals surface area contributed by atoms with Crippen LogP contribution in [0.5, 0.6) is 0 Å². The van der Waals surface area contributed by atoms with Crippen molar-refractivity contribution < 1.29 is 9.59 Å². The molecular formula is C28H31BrClN3O2. The normalized spacial score (nSPS) is 20.8. The van der Waals surface area contributed by atoms with Crippen LogP contribution in [0.3, 0.4) is 0 Å². The van der Waals surface area contributed by atoms with Crippen LogP contribution in [0.1, 0.15) is 67.3 Å². The number of hydrogen-bond acceptors (Lipinski definition) is 3. The summed E-state index contributed by atoms with van der Waals surface area (Å²) in [6.07, 6.45) is 10.5. The number of carbonyl (C=O) groups excluding carboxylic acids is 2. The maximum absolute atomic E-state index is 13.1. The van der Waals surface area contributed by atoms with E-state index in [1.807, 2.05) is 23.2 Å².